The van der Waals surface area contributed by atoms with Crippen molar-refractivity contribution in [1.29, 1.82) is 0 Å². The molecular weight excluding hydrogens is 264 g/mol. The molecule has 0 aromatic rings. The molecule has 0 spiro atoms. The Morgan fingerprint density at radius 3 is 2.16 bits per heavy atom. The van der Waals surface area contributed by atoms with Gasteiger partial charge in [0.1, 0.15) is 6.10 Å². The zero-order valence-electron chi connectivity index (χ0n) is 12.8. The maximum atomic E-state index is 5.74. The average molecular weight is 292 g/mol. The molecule has 3 unspecified atom stereocenters. The van der Waals surface area contributed by atoms with E-state index in [1.54, 1.807) is 21.3 Å². The number of hydrogen-bond donors (Lipinski definition) is 0. The van der Waals surface area contributed by atoms with E-state index < -0.39 is 8.80 Å². The summed E-state index contributed by atoms with van der Waals surface area (Å²) in [6.45, 7) is 5.80. The molecule has 1 heterocycles. The fourth-order valence-corrected chi connectivity index (χ4v) is 4.86. The summed E-state index contributed by atoms with van der Waals surface area (Å²) >= 11 is 0. The van der Waals surface area contributed by atoms with Crippen molar-refractivity contribution in [3.8, 4) is 0 Å². The van der Waals surface area contributed by atoms with E-state index in [0.29, 0.717) is 18.3 Å². The molecule has 0 saturated carbocycles. The topological polar surface area (TPSA) is 49.5 Å². The van der Waals surface area contributed by atoms with Crippen molar-refractivity contribution in [2.45, 2.75) is 50.9 Å². The average Bonchev–Trinajstić information content (AvgIpc) is 3.26. The van der Waals surface area contributed by atoms with Crippen LogP contribution in [0.25, 0.3) is 0 Å². The standard InChI is InChI=1S/C13H28O5Si/c1-6-13(19(14-3,15-4)16-5)8-7-11(2)17-9-12-10-18-12/h11-13H,6-10H2,1-5H3. The van der Waals surface area contributed by atoms with Crippen LogP contribution >= 0.6 is 0 Å². The van der Waals surface area contributed by atoms with E-state index in [2.05, 4.69) is 13.8 Å². The van der Waals surface area contributed by atoms with E-state index in [0.717, 1.165) is 25.9 Å². The van der Waals surface area contributed by atoms with Gasteiger partial charge in [-0.2, -0.15) is 0 Å². The van der Waals surface area contributed by atoms with E-state index in [9.17, 15) is 0 Å². The highest BCUT2D eigenvalue weighted by atomic mass is 28.4. The molecule has 0 aromatic heterocycles. The molecule has 0 aromatic carbocycles. The van der Waals surface area contributed by atoms with Crippen LogP contribution in [0, 0.1) is 0 Å². The molecule has 0 N–H and O–H groups in total. The zero-order valence-corrected chi connectivity index (χ0v) is 13.8. The van der Waals surface area contributed by atoms with E-state index in [4.69, 9.17) is 22.8 Å². The van der Waals surface area contributed by atoms with Gasteiger partial charge in [-0.3, -0.25) is 0 Å². The maximum Gasteiger partial charge on any atom is 0.503 e. The summed E-state index contributed by atoms with van der Waals surface area (Å²) in [6.07, 6.45) is 3.52. The van der Waals surface area contributed by atoms with Crippen molar-refractivity contribution in [3.63, 3.8) is 0 Å². The molecule has 5 nitrogen and oxygen atoms in total. The highest BCUT2D eigenvalue weighted by molar-refractivity contribution is 6.62. The van der Waals surface area contributed by atoms with E-state index >= 15 is 0 Å². The molecule has 1 fully saturated rings. The van der Waals surface area contributed by atoms with Gasteiger partial charge in [0.2, 0.25) is 0 Å². The lowest BCUT2D eigenvalue weighted by molar-refractivity contribution is 0.0446. The SMILES string of the molecule is CCC(CCC(C)OCC1CO1)[Si](OC)(OC)OC. The Labute approximate surface area is 117 Å². The van der Waals surface area contributed by atoms with Crippen LogP contribution in [0.1, 0.15) is 33.1 Å². The van der Waals surface area contributed by atoms with Gasteiger partial charge in [0.05, 0.1) is 19.3 Å². The highest BCUT2D eigenvalue weighted by Crippen LogP contribution is 2.32. The second-order valence-electron chi connectivity index (χ2n) is 5.00. The second-order valence-corrected chi connectivity index (χ2v) is 8.25. The fraction of sp³-hybridized carbons (Fsp3) is 1.00. The first kappa shape index (κ1) is 17.1. The molecule has 6 heteroatoms. The van der Waals surface area contributed by atoms with Crippen LogP contribution in [0.3, 0.4) is 0 Å². The van der Waals surface area contributed by atoms with E-state index in [-0.39, 0.29) is 6.10 Å². The molecule has 1 aliphatic rings. The van der Waals surface area contributed by atoms with Crippen LogP contribution in [0.2, 0.25) is 5.54 Å². The van der Waals surface area contributed by atoms with Crippen LogP contribution < -0.4 is 0 Å². The van der Waals surface area contributed by atoms with Gasteiger partial charge >= 0.3 is 8.80 Å². The third-order valence-electron chi connectivity index (χ3n) is 3.74. The monoisotopic (exact) mass is 292 g/mol. The van der Waals surface area contributed by atoms with Gasteiger partial charge < -0.3 is 22.8 Å². The van der Waals surface area contributed by atoms with Gasteiger partial charge in [-0.1, -0.05) is 6.92 Å². The van der Waals surface area contributed by atoms with Crippen molar-refractivity contribution in [3.05, 3.63) is 0 Å². The van der Waals surface area contributed by atoms with Gasteiger partial charge in [0, 0.05) is 26.9 Å². The summed E-state index contributed by atoms with van der Waals surface area (Å²) in [7, 11) is 2.49. The van der Waals surface area contributed by atoms with Gasteiger partial charge in [0.15, 0.2) is 0 Å². The van der Waals surface area contributed by atoms with Crippen molar-refractivity contribution in [2.75, 3.05) is 34.5 Å². The van der Waals surface area contributed by atoms with Gasteiger partial charge in [0.25, 0.3) is 0 Å². The summed E-state index contributed by atoms with van der Waals surface area (Å²) < 4.78 is 27.6. The normalized spacial score (nSPS) is 22.3. The lowest BCUT2D eigenvalue weighted by Crippen LogP contribution is -2.47. The number of hydrogen-bond acceptors (Lipinski definition) is 5. The number of ether oxygens (including phenoxy) is 2. The molecule has 1 saturated heterocycles. The van der Waals surface area contributed by atoms with Gasteiger partial charge in [-0.05, 0) is 26.2 Å². The molecular formula is C13H28O5Si. The molecule has 114 valence electrons. The fourth-order valence-electron chi connectivity index (χ4n) is 2.34. The predicted molar refractivity (Wildman–Crippen MR) is 75.2 cm³/mol. The number of epoxide rings is 1. The largest absolute Gasteiger partial charge is 0.503 e. The smallest absolute Gasteiger partial charge is 0.377 e. The summed E-state index contributed by atoms with van der Waals surface area (Å²) in [5, 5.41) is 0. The first-order chi connectivity index (χ1) is 9.11. The minimum atomic E-state index is -2.53. The summed E-state index contributed by atoms with van der Waals surface area (Å²) in [5.41, 5.74) is 0.315. The minimum absolute atomic E-state index is 0.232. The Kier molecular flexibility index (Phi) is 7.49. The second kappa shape index (κ2) is 8.34. The predicted octanol–water partition coefficient (Wildman–Crippen LogP) is 2.23. The van der Waals surface area contributed by atoms with Crippen LogP contribution in [0.5, 0.6) is 0 Å². The Morgan fingerprint density at radius 1 is 1.16 bits per heavy atom. The lowest BCUT2D eigenvalue weighted by atomic mass is 10.1. The van der Waals surface area contributed by atoms with Crippen molar-refractivity contribution >= 4 is 8.80 Å². The van der Waals surface area contributed by atoms with Crippen LogP contribution in [0.4, 0.5) is 0 Å². The zero-order chi connectivity index (χ0) is 14.3. The molecule has 0 aliphatic carbocycles. The third kappa shape index (κ3) is 5.13. The summed E-state index contributed by atoms with van der Waals surface area (Å²) in [4.78, 5) is 0. The molecule has 0 bridgehead atoms. The molecule has 19 heavy (non-hydrogen) atoms. The quantitative estimate of drug-likeness (QED) is 0.432. The molecule has 0 amide bonds. The molecule has 0 radical (unpaired) electrons. The highest BCUT2D eigenvalue weighted by Gasteiger charge is 2.45. The van der Waals surface area contributed by atoms with Gasteiger partial charge in [-0.25, -0.2) is 0 Å². The Morgan fingerprint density at radius 2 is 1.74 bits per heavy atom. The Balaban J connectivity index is 2.36. The Hall–Kier alpha value is 0.0169. The molecule has 1 aliphatic heterocycles. The summed E-state index contributed by atoms with van der Waals surface area (Å²) in [6, 6.07) is 0. The van der Waals surface area contributed by atoms with Crippen molar-refractivity contribution < 1.29 is 22.8 Å². The van der Waals surface area contributed by atoms with Gasteiger partial charge in [-0.15, -0.1) is 0 Å². The third-order valence-corrected chi connectivity index (χ3v) is 7.14. The van der Waals surface area contributed by atoms with E-state index in [1.165, 1.54) is 0 Å². The Bertz CT molecular complexity index is 235. The minimum Gasteiger partial charge on any atom is -0.377 e. The summed E-state index contributed by atoms with van der Waals surface area (Å²) in [5.74, 6) is 0. The first-order valence-corrected chi connectivity index (χ1v) is 8.80. The number of rotatable bonds is 11. The molecule has 1 rings (SSSR count). The van der Waals surface area contributed by atoms with Crippen LogP contribution in [-0.2, 0) is 22.8 Å². The lowest BCUT2D eigenvalue weighted by Gasteiger charge is -2.32. The maximum absolute atomic E-state index is 5.74. The van der Waals surface area contributed by atoms with E-state index in [1.807, 2.05) is 0 Å². The van der Waals surface area contributed by atoms with Crippen LogP contribution in [-0.4, -0.2) is 55.6 Å². The first-order valence-electron chi connectivity index (χ1n) is 7.00. The van der Waals surface area contributed by atoms with Crippen molar-refractivity contribution in [2.24, 2.45) is 0 Å². The van der Waals surface area contributed by atoms with Crippen LogP contribution in [0.15, 0.2) is 0 Å². The molecule has 3 atom stereocenters. The van der Waals surface area contributed by atoms with Crippen molar-refractivity contribution in [1.82, 2.24) is 0 Å².